The smallest absolute Gasteiger partial charge is 0.272 e. The van der Waals surface area contributed by atoms with E-state index in [4.69, 9.17) is 11.6 Å². The van der Waals surface area contributed by atoms with Gasteiger partial charge in [-0.15, -0.1) is 0 Å². The maximum atomic E-state index is 12.5. The van der Waals surface area contributed by atoms with Gasteiger partial charge in [0.1, 0.15) is 0 Å². The molecule has 0 aliphatic carbocycles. The van der Waals surface area contributed by atoms with E-state index < -0.39 is 0 Å². The number of rotatable bonds is 3. The zero-order valence-electron chi connectivity index (χ0n) is 12.7. The Morgan fingerprint density at radius 1 is 1.26 bits per heavy atom. The number of amides is 1. The van der Waals surface area contributed by atoms with Crippen LogP contribution in [-0.2, 0) is 13.6 Å². The third kappa shape index (κ3) is 3.12. The molecule has 3 rings (SSSR count). The van der Waals surface area contributed by atoms with Crippen LogP contribution < -0.4 is 5.32 Å². The van der Waals surface area contributed by atoms with E-state index in [2.05, 4.69) is 26.3 Å². The minimum absolute atomic E-state index is 0.188. The number of nitrogens with zero attached hydrogens (tertiary/aromatic N) is 2. The highest BCUT2D eigenvalue weighted by Crippen LogP contribution is 2.29. The van der Waals surface area contributed by atoms with Gasteiger partial charge in [0.2, 0.25) is 0 Å². The first kappa shape index (κ1) is 16.0. The molecule has 0 bridgehead atoms. The Morgan fingerprint density at radius 2 is 1.96 bits per heavy atom. The second-order valence-electron chi connectivity index (χ2n) is 5.37. The normalized spacial score (nSPS) is 11.0. The van der Waals surface area contributed by atoms with Gasteiger partial charge in [-0.1, -0.05) is 29.8 Å². The third-order valence-corrected chi connectivity index (χ3v) is 4.62. The summed E-state index contributed by atoms with van der Waals surface area (Å²) in [6, 6.07) is 11.3. The van der Waals surface area contributed by atoms with Crippen molar-refractivity contribution in [2.75, 3.05) is 0 Å². The van der Waals surface area contributed by atoms with Crippen LogP contribution in [-0.4, -0.2) is 15.7 Å². The number of aryl methyl sites for hydroxylation is 2. The molecule has 0 aliphatic heterocycles. The first-order valence-electron chi connectivity index (χ1n) is 7.12. The van der Waals surface area contributed by atoms with E-state index in [0.29, 0.717) is 17.3 Å². The third-order valence-electron chi connectivity index (χ3n) is 3.73. The summed E-state index contributed by atoms with van der Waals surface area (Å²) >= 11 is 9.39. The molecule has 0 saturated heterocycles. The second-order valence-corrected chi connectivity index (χ2v) is 6.66. The van der Waals surface area contributed by atoms with Crippen LogP contribution in [0.25, 0.3) is 10.9 Å². The summed E-state index contributed by atoms with van der Waals surface area (Å²) in [6.07, 6.45) is 0. The molecule has 3 aromatic rings. The number of hydrogen-bond donors (Lipinski definition) is 1. The highest BCUT2D eigenvalue weighted by atomic mass is 79.9. The molecule has 0 saturated carbocycles. The number of fused-ring (bicyclic) bond motifs is 1. The molecule has 1 N–H and O–H groups in total. The lowest BCUT2D eigenvalue weighted by molar-refractivity contribution is 0.0946. The van der Waals surface area contributed by atoms with Gasteiger partial charge in [-0.2, -0.15) is 5.10 Å². The minimum atomic E-state index is -0.188. The van der Waals surface area contributed by atoms with Crippen molar-refractivity contribution in [1.82, 2.24) is 15.1 Å². The van der Waals surface area contributed by atoms with Crippen molar-refractivity contribution >= 4 is 44.3 Å². The van der Waals surface area contributed by atoms with Crippen molar-refractivity contribution < 1.29 is 4.79 Å². The summed E-state index contributed by atoms with van der Waals surface area (Å²) < 4.78 is 2.65. The molecule has 1 aromatic heterocycles. The molecule has 0 aliphatic rings. The van der Waals surface area contributed by atoms with Crippen LogP contribution in [0.1, 0.15) is 21.6 Å². The summed E-state index contributed by atoms with van der Waals surface area (Å²) in [5.41, 5.74) is 3.37. The monoisotopic (exact) mass is 391 g/mol. The van der Waals surface area contributed by atoms with Crippen molar-refractivity contribution in [1.29, 1.82) is 0 Å². The predicted octanol–water partition coefficient (Wildman–Crippen LogP) is 4.23. The Labute approximate surface area is 147 Å². The highest BCUT2D eigenvalue weighted by Gasteiger charge is 2.19. The maximum absolute atomic E-state index is 12.5. The number of carbonyl (C=O) groups is 1. The summed E-state index contributed by atoms with van der Waals surface area (Å²) in [4.78, 5) is 12.5. The van der Waals surface area contributed by atoms with E-state index >= 15 is 0 Å². The topological polar surface area (TPSA) is 46.9 Å². The number of halogens is 2. The highest BCUT2D eigenvalue weighted by molar-refractivity contribution is 9.10. The van der Waals surface area contributed by atoms with Crippen molar-refractivity contribution in [3.8, 4) is 0 Å². The van der Waals surface area contributed by atoms with E-state index in [0.717, 1.165) is 26.5 Å². The number of carbonyl (C=O) groups excluding carboxylic acids is 1. The van der Waals surface area contributed by atoms with Gasteiger partial charge < -0.3 is 5.32 Å². The number of hydrogen-bond acceptors (Lipinski definition) is 2. The SMILES string of the molecule is Cc1ccc(Br)c2c1c(C(=O)NCc1ccc(Cl)cc1)nn2C. The fourth-order valence-corrected chi connectivity index (χ4v) is 3.27. The van der Waals surface area contributed by atoms with Gasteiger partial charge in [0.15, 0.2) is 5.69 Å². The van der Waals surface area contributed by atoms with Crippen LogP contribution in [0.3, 0.4) is 0 Å². The molecule has 23 heavy (non-hydrogen) atoms. The molecule has 0 radical (unpaired) electrons. The lowest BCUT2D eigenvalue weighted by Crippen LogP contribution is -2.23. The first-order chi connectivity index (χ1) is 11.0. The largest absolute Gasteiger partial charge is 0.347 e. The second kappa shape index (κ2) is 6.34. The van der Waals surface area contributed by atoms with E-state index in [1.807, 2.05) is 38.2 Å². The van der Waals surface area contributed by atoms with Gasteiger partial charge in [-0.25, -0.2) is 0 Å². The van der Waals surface area contributed by atoms with E-state index in [1.165, 1.54) is 0 Å². The molecule has 0 atom stereocenters. The van der Waals surface area contributed by atoms with Crippen LogP contribution in [0.2, 0.25) is 5.02 Å². The first-order valence-corrected chi connectivity index (χ1v) is 8.29. The molecule has 1 heterocycles. The lowest BCUT2D eigenvalue weighted by atomic mass is 10.1. The van der Waals surface area contributed by atoms with Crippen LogP contribution in [0.4, 0.5) is 0 Å². The Hall–Kier alpha value is -1.85. The van der Waals surface area contributed by atoms with Crippen molar-refractivity contribution in [2.24, 2.45) is 7.05 Å². The van der Waals surface area contributed by atoms with Crippen LogP contribution in [0, 0.1) is 6.92 Å². The fraction of sp³-hybridized carbons (Fsp3) is 0.176. The van der Waals surface area contributed by atoms with Crippen molar-refractivity contribution in [2.45, 2.75) is 13.5 Å². The molecule has 2 aromatic carbocycles. The number of nitrogens with one attached hydrogen (secondary N) is 1. The Morgan fingerprint density at radius 3 is 2.65 bits per heavy atom. The maximum Gasteiger partial charge on any atom is 0.272 e. The molecule has 1 amide bonds. The molecule has 0 spiro atoms. The fourth-order valence-electron chi connectivity index (χ4n) is 2.56. The Bertz CT molecular complexity index is 887. The standard InChI is InChI=1S/C17H15BrClN3O/c1-10-3-8-13(18)16-14(10)15(21-22(16)2)17(23)20-9-11-4-6-12(19)7-5-11/h3-8H,9H2,1-2H3,(H,20,23). The zero-order chi connectivity index (χ0) is 16.6. The van der Waals surface area contributed by atoms with Crippen molar-refractivity contribution in [3.05, 3.63) is 62.7 Å². The van der Waals surface area contributed by atoms with Gasteiger partial charge in [-0.05, 0) is 52.2 Å². The number of aromatic nitrogens is 2. The summed E-state index contributed by atoms with van der Waals surface area (Å²) in [5.74, 6) is -0.188. The quantitative estimate of drug-likeness (QED) is 0.725. The van der Waals surface area contributed by atoms with Gasteiger partial charge >= 0.3 is 0 Å². The van der Waals surface area contributed by atoms with Crippen LogP contribution in [0.15, 0.2) is 40.9 Å². The zero-order valence-corrected chi connectivity index (χ0v) is 15.1. The van der Waals surface area contributed by atoms with E-state index in [1.54, 1.807) is 16.8 Å². The van der Waals surface area contributed by atoms with Crippen LogP contribution >= 0.6 is 27.5 Å². The molecule has 6 heteroatoms. The van der Waals surface area contributed by atoms with E-state index in [9.17, 15) is 4.79 Å². The van der Waals surface area contributed by atoms with Gasteiger partial charge in [0.05, 0.1) is 5.52 Å². The van der Waals surface area contributed by atoms with E-state index in [-0.39, 0.29) is 5.91 Å². The van der Waals surface area contributed by atoms with Gasteiger partial charge in [0, 0.05) is 28.5 Å². The van der Waals surface area contributed by atoms with Crippen LogP contribution in [0.5, 0.6) is 0 Å². The molecule has 4 nitrogen and oxygen atoms in total. The summed E-state index contributed by atoms with van der Waals surface area (Å²) in [7, 11) is 1.84. The van der Waals surface area contributed by atoms with Crippen molar-refractivity contribution in [3.63, 3.8) is 0 Å². The van der Waals surface area contributed by atoms with Gasteiger partial charge in [-0.3, -0.25) is 9.48 Å². The molecule has 0 fully saturated rings. The van der Waals surface area contributed by atoms with Gasteiger partial charge in [0.25, 0.3) is 5.91 Å². The average molecular weight is 393 g/mol. The Kier molecular flexibility index (Phi) is 4.41. The average Bonchev–Trinajstić information content (AvgIpc) is 2.89. The molecule has 0 unspecified atom stereocenters. The Balaban J connectivity index is 1.89. The lowest BCUT2D eigenvalue weighted by Gasteiger charge is -2.05. The minimum Gasteiger partial charge on any atom is -0.347 e. The number of benzene rings is 2. The molecule has 118 valence electrons. The summed E-state index contributed by atoms with van der Waals surface area (Å²) in [6.45, 7) is 2.41. The summed E-state index contributed by atoms with van der Waals surface area (Å²) in [5, 5.41) is 8.85. The molecular formula is C17H15BrClN3O. The molecular weight excluding hydrogens is 378 g/mol. The predicted molar refractivity (Wildman–Crippen MR) is 95.8 cm³/mol.